The number of esters is 1. The molecule has 1 unspecified atom stereocenters. The molecule has 2 N–H and O–H groups in total. The van der Waals surface area contributed by atoms with Gasteiger partial charge in [-0.3, -0.25) is 4.79 Å². The minimum absolute atomic E-state index is 0.0763. The molecule has 0 saturated carbocycles. The second-order valence-corrected chi connectivity index (χ2v) is 4.78. The van der Waals surface area contributed by atoms with Gasteiger partial charge in [-0.15, -0.1) is 0 Å². The predicted octanol–water partition coefficient (Wildman–Crippen LogP) is -0.487. The first kappa shape index (κ1) is 14.9. The molecule has 6 heteroatoms. The van der Waals surface area contributed by atoms with Crippen molar-refractivity contribution in [1.29, 1.82) is 0 Å². The van der Waals surface area contributed by atoms with Gasteiger partial charge in [0.05, 0.1) is 7.11 Å². The zero-order valence-corrected chi connectivity index (χ0v) is 11.1. The maximum absolute atomic E-state index is 11.7. The van der Waals surface area contributed by atoms with Crippen molar-refractivity contribution in [2.45, 2.75) is 31.8 Å². The first-order valence-corrected chi connectivity index (χ1v) is 6.26. The zero-order chi connectivity index (χ0) is 13.6. The molecule has 1 rings (SSSR count). The minimum atomic E-state index is -1.55. The van der Waals surface area contributed by atoms with Gasteiger partial charge in [-0.1, -0.05) is 0 Å². The number of carbonyl (C=O) groups is 2. The van der Waals surface area contributed by atoms with Gasteiger partial charge < -0.3 is 20.1 Å². The van der Waals surface area contributed by atoms with Gasteiger partial charge in [0.15, 0.2) is 5.60 Å². The van der Waals surface area contributed by atoms with Crippen LogP contribution in [0, 0.1) is 0 Å². The van der Waals surface area contributed by atoms with Crippen LogP contribution >= 0.6 is 0 Å². The standard InChI is InChI=1S/C12H22N2O4/c1-12(17,11(16)18-2)9-13-6-5-10(15)14-7-3-4-8-14/h13,17H,3-9H2,1-2H3. The second kappa shape index (κ2) is 6.70. The van der Waals surface area contributed by atoms with E-state index in [2.05, 4.69) is 10.1 Å². The lowest BCUT2D eigenvalue weighted by Gasteiger charge is -2.21. The van der Waals surface area contributed by atoms with Crippen LogP contribution in [0.1, 0.15) is 26.2 Å². The molecule has 1 aliphatic rings. The number of ether oxygens (including phenoxy) is 1. The molecule has 0 bridgehead atoms. The summed E-state index contributed by atoms with van der Waals surface area (Å²) in [5.41, 5.74) is -1.55. The third-order valence-corrected chi connectivity index (χ3v) is 3.07. The monoisotopic (exact) mass is 258 g/mol. The van der Waals surface area contributed by atoms with E-state index in [1.165, 1.54) is 14.0 Å². The number of nitrogens with zero attached hydrogens (tertiary/aromatic N) is 1. The minimum Gasteiger partial charge on any atom is -0.467 e. The summed E-state index contributed by atoms with van der Waals surface area (Å²) in [6, 6.07) is 0. The van der Waals surface area contributed by atoms with Crippen molar-refractivity contribution in [1.82, 2.24) is 10.2 Å². The molecule has 0 aromatic rings. The van der Waals surface area contributed by atoms with Crippen LogP contribution in [0.5, 0.6) is 0 Å². The van der Waals surface area contributed by atoms with Crippen molar-refractivity contribution in [3.63, 3.8) is 0 Å². The predicted molar refractivity (Wildman–Crippen MR) is 65.9 cm³/mol. The molecule has 1 amide bonds. The first-order valence-electron chi connectivity index (χ1n) is 6.26. The molecule has 18 heavy (non-hydrogen) atoms. The summed E-state index contributed by atoms with van der Waals surface area (Å²) in [7, 11) is 1.23. The Labute approximate surface area is 107 Å². The summed E-state index contributed by atoms with van der Waals surface area (Å²) in [5, 5.41) is 12.6. The van der Waals surface area contributed by atoms with Gasteiger partial charge in [0.1, 0.15) is 0 Å². The number of likely N-dealkylation sites (tertiary alicyclic amines) is 1. The average Bonchev–Trinajstić information content (AvgIpc) is 2.87. The topological polar surface area (TPSA) is 78.9 Å². The van der Waals surface area contributed by atoms with Crippen molar-refractivity contribution >= 4 is 11.9 Å². The molecule has 0 spiro atoms. The Hall–Kier alpha value is -1.14. The Balaban J connectivity index is 2.18. The number of rotatable bonds is 6. The fourth-order valence-corrected chi connectivity index (χ4v) is 1.94. The Morgan fingerprint density at radius 3 is 2.56 bits per heavy atom. The van der Waals surface area contributed by atoms with Gasteiger partial charge in [0, 0.05) is 32.6 Å². The molecule has 0 aromatic heterocycles. The number of aliphatic hydroxyl groups is 1. The van der Waals surface area contributed by atoms with E-state index in [-0.39, 0.29) is 12.5 Å². The quantitative estimate of drug-likeness (QED) is 0.496. The van der Waals surface area contributed by atoms with Crippen LogP contribution in [-0.4, -0.2) is 60.8 Å². The summed E-state index contributed by atoms with van der Waals surface area (Å²) in [6.45, 7) is 3.60. The average molecular weight is 258 g/mol. The van der Waals surface area contributed by atoms with Crippen molar-refractivity contribution in [3.8, 4) is 0 Å². The fraction of sp³-hybridized carbons (Fsp3) is 0.833. The number of methoxy groups -OCH3 is 1. The summed E-state index contributed by atoms with van der Waals surface area (Å²) in [4.78, 5) is 24.7. The summed E-state index contributed by atoms with van der Waals surface area (Å²) >= 11 is 0. The molecule has 0 radical (unpaired) electrons. The number of hydrogen-bond acceptors (Lipinski definition) is 5. The van der Waals surface area contributed by atoms with E-state index in [1.54, 1.807) is 0 Å². The lowest BCUT2D eigenvalue weighted by molar-refractivity contribution is -0.159. The molecule has 1 atom stereocenters. The number of nitrogens with one attached hydrogen (secondary N) is 1. The smallest absolute Gasteiger partial charge is 0.338 e. The number of carbonyl (C=O) groups excluding carboxylic acids is 2. The first-order chi connectivity index (χ1) is 8.47. The third-order valence-electron chi connectivity index (χ3n) is 3.07. The molecule has 0 aromatic carbocycles. The van der Waals surface area contributed by atoms with E-state index in [0.717, 1.165) is 25.9 Å². The van der Waals surface area contributed by atoms with E-state index in [9.17, 15) is 14.7 Å². The second-order valence-electron chi connectivity index (χ2n) is 4.78. The molecule has 1 aliphatic heterocycles. The van der Waals surface area contributed by atoms with Gasteiger partial charge >= 0.3 is 5.97 Å². The molecule has 0 aliphatic carbocycles. The molecule has 104 valence electrons. The largest absolute Gasteiger partial charge is 0.467 e. The summed E-state index contributed by atoms with van der Waals surface area (Å²) in [5.74, 6) is -0.557. The highest BCUT2D eigenvalue weighted by Gasteiger charge is 2.30. The van der Waals surface area contributed by atoms with Crippen LogP contribution in [0.25, 0.3) is 0 Å². The van der Waals surface area contributed by atoms with Crippen LogP contribution in [0.15, 0.2) is 0 Å². The van der Waals surface area contributed by atoms with Crippen LogP contribution in [0.2, 0.25) is 0 Å². The van der Waals surface area contributed by atoms with Gasteiger partial charge in [0.2, 0.25) is 5.91 Å². The van der Waals surface area contributed by atoms with Gasteiger partial charge in [-0.25, -0.2) is 4.79 Å². The SMILES string of the molecule is COC(=O)C(C)(O)CNCCC(=O)N1CCCC1. The van der Waals surface area contributed by atoms with Crippen molar-refractivity contribution < 1.29 is 19.4 Å². The Morgan fingerprint density at radius 2 is 2.00 bits per heavy atom. The highest BCUT2D eigenvalue weighted by molar-refractivity contribution is 5.79. The Morgan fingerprint density at radius 1 is 1.39 bits per heavy atom. The fourth-order valence-electron chi connectivity index (χ4n) is 1.94. The zero-order valence-electron chi connectivity index (χ0n) is 11.1. The van der Waals surface area contributed by atoms with Gasteiger partial charge in [-0.2, -0.15) is 0 Å². The molecule has 1 fully saturated rings. The summed E-state index contributed by atoms with van der Waals surface area (Å²) in [6.07, 6.45) is 2.55. The molecular weight excluding hydrogens is 236 g/mol. The molecule has 1 saturated heterocycles. The molecule has 1 heterocycles. The number of hydrogen-bond donors (Lipinski definition) is 2. The van der Waals surface area contributed by atoms with Crippen LogP contribution in [-0.2, 0) is 14.3 Å². The third kappa shape index (κ3) is 4.27. The van der Waals surface area contributed by atoms with E-state index in [1.807, 2.05) is 4.90 Å². The van der Waals surface area contributed by atoms with Crippen molar-refractivity contribution in [2.24, 2.45) is 0 Å². The lowest BCUT2D eigenvalue weighted by Crippen LogP contribution is -2.46. The Bertz CT molecular complexity index is 298. The van der Waals surface area contributed by atoms with Gasteiger partial charge in [0.25, 0.3) is 0 Å². The molecular formula is C12H22N2O4. The maximum Gasteiger partial charge on any atom is 0.338 e. The van der Waals surface area contributed by atoms with Crippen LogP contribution in [0.4, 0.5) is 0 Å². The normalized spacial score (nSPS) is 18.5. The van der Waals surface area contributed by atoms with E-state index >= 15 is 0 Å². The number of amides is 1. The maximum atomic E-state index is 11.7. The summed E-state index contributed by atoms with van der Waals surface area (Å²) < 4.78 is 4.47. The highest BCUT2D eigenvalue weighted by Crippen LogP contribution is 2.08. The van der Waals surface area contributed by atoms with Crippen molar-refractivity contribution in [2.75, 3.05) is 33.3 Å². The highest BCUT2D eigenvalue weighted by atomic mass is 16.5. The van der Waals surface area contributed by atoms with Gasteiger partial charge in [-0.05, 0) is 19.8 Å². The van der Waals surface area contributed by atoms with Crippen LogP contribution < -0.4 is 5.32 Å². The van der Waals surface area contributed by atoms with E-state index < -0.39 is 11.6 Å². The molecule has 6 nitrogen and oxygen atoms in total. The van der Waals surface area contributed by atoms with E-state index in [0.29, 0.717) is 13.0 Å². The van der Waals surface area contributed by atoms with Crippen molar-refractivity contribution in [3.05, 3.63) is 0 Å². The van der Waals surface area contributed by atoms with E-state index in [4.69, 9.17) is 0 Å². The Kier molecular flexibility index (Phi) is 5.55. The lowest BCUT2D eigenvalue weighted by atomic mass is 10.1. The van der Waals surface area contributed by atoms with Crippen LogP contribution in [0.3, 0.4) is 0 Å².